The van der Waals surface area contributed by atoms with Gasteiger partial charge in [0.2, 0.25) is 0 Å². The minimum Gasteiger partial charge on any atom is -0.382 e. The van der Waals surface area contributed by atoms with Crippen LogP contribution in [-0.2, 0) is 4.74 Å². The third-order valence-corrected chi connectivity index (χ3v) is 3.69. The quantitative estimate of drug-likeness (QED) is 0.566. The summed E-state index contributed by atoms with van der Waals surface area (Å²) in [6.45, 7) is 7.35. The molecule has 0 fully saturated rings. The maximum atomic E-state index is 5.25. The average molecular weight is 287 g/mol. The first-order valence-corrected chi connectivity index (χ1v) is 7.51. The van der Waals surface area contributed by atoms with Crippen molar-refractivity contribution in [3.05, 3.63) is 16.6 Å². The van der Waals surface area contributed by atoms with Gasteiger partial charge in [0.15, 0.2) is 5.11 Å². The number of ether oxygens (including phenoxy) is 1. The lowest BCUT2D eigenvalue weighted by Gasteiger charge is -2.13. The highest BCUT2D eigenvalue weighted by molar-refractivity contribution is 7.80. The van der Waals surface area contributed by atoms with Gasteiger partial charge in [-0.15, -0.1) is 11.3 Å². The predicted molar refractivity (Wildman–Crippen MR) is 80.2 cm³/mol. The molecule has 1 aromatic heterocycles. The minimum atomic E-state index is 0.383. The van der Waals surface area contributed by atoms with E-state index in [0.29, 0.717) is 11.0 Å². The molecule has 102 valence electrons. The Kier molecular flexibility index (Phi) is 7.88. The highest BCUT2D eigenvalue weighted by Gasteiger charge is 2.08. The molecule has 0 saturated heterocycles. The zero-order valence-electron chi connectivity index (χ0n) is 10.9. The van der Waals surface area contributed by atoms with E-state index >= 15 is 0 Å². The second-order valence-electron chi connectivity index (χ2n) is 3.96. The molecule has 1 unspecified atom stereocenters. The molecule has 0 bridgehead atoms. The molecule has 0 aromatic carbocycles. The third-order valence-electron chi connectivity index (χ3n) is 2.40. The average Bonchev–Trinajstić information content (AvgIpc) is 2.89. The van der Waals surface area contributed by atoms with Gasteiger partial charge in [0, 0.05) is 43.8 Å². The molecule has 2 N–H and O–H groups in total. The van der Waals surface area contributed by atoms with Crippen molar-refractivity contribution < 1.29 is 4.74 Å². The van der Waals surface area contributed by atoms with Crippen molar-refractivity contribution in [3.63, 3.8) is 0 Å². The summed E-state index contributed by atoms with van der Waals surface area (Å²) in [6.07, 6.45) is 2.80. The maximum Gasteiger partial charge on any atom is 0.166 e. The van der Waals surface area contributed by atoms with Gasteiger partial charge in [-0.05, 0) is 25.6 Å². The fourth-order valence-corrected chi connectivity index (χ4v) is 2.28. The number of nitrogens with one attached hydrogen (secondary N) is 2. The molecule has 0 radical (unpaired) electrons. The highest BCUT2D eigenvalue weighted by atomic mass is 32.1. The normalized spacial score (nSPS) is 12.1. The van der Waals surface area contributed by atoms with Crippen LogP contribution in [0.1, 0.15) is 31.2 Å². The third kappa shape index (κ3) is 6.28. The van der Waals surface area contributed by atoms with Crippen LogP contribution in [0.5, 0.6) is 0 Å². The number of aromatic nitrogens is 1. The van der Waals surface area contributed by atoms with Gasteiger partial charge in [-0.3, -0.25) is 0 Å². The molecule has 0 saturated carbocycles. The van der Waals surface area contributed by atoms with Crippen LogP contribution in [0.4, 0.5) is 0 Å². The smallest absolute Gasteiger partial charge is 0.166 e. The maximum absolute atomic E-state index is 5.25. The lowest BCUT2D eigenvalue weighted by atomic mass is 10.2. The van der Waals surface area contributed by atoms with Gasteiger partial charge in [0.1, 0.15) is 0 Å². The Balaban J connectivity index is 2.06. The summed E-state index contributed by atoms with van der Waals surface area (Å²) in [5, 5.41) is 10.2. The summed E-state index contributed by atoms with van der Waals surface area (Å²) >= 11 is 6.88. The van der Waals surface area contributed by atoms with Gasteiger partial charge in [-0.1, -0.05) is 6.92 Å². The summed E-state index contributed by atoms with van der Waals surface area (Å²) in [5.74, 6) is 0.383. The van der Waals surface area contributed by atoms with Crippen LogP contribution < -0.4 is 10.6 Å². The zero-order chi connectivity index (χ0) is 13.2. The Labute approximate surface area is 118 Å². The number of hydrogen-bond acceptors (Lipinski definition) is 4. The molecule has 6 heteroatoms. The number of hydrogen-bond donors (Lipinski definition) is 2. The van der Waals surface area contributed by atoms with E-state index in [1.807, 2.05) is 18.5 Å². The second kappa shape index (κ2) is 9.24. The van der Waals surface area contributed by atoms with Crippen molar-refractivity contribution in [2.45, 2.75) is 26.2 Å². The number of nitrogens with zero attached hydrogens (tertiary/aromatic N) is 1. The Morgan fingerprint density at radius 3 is 3.06 bits per heavy atom. The van der Waals surface area contributed by atoms with Crippen molar-refractivity contribution in [2.75, 3.05) is 26.3 Å². The van der Waals surface area contributed by atoms with Crippen molar-refractivity contribution >= 4 is 28.7 Å². The standard InChI is InChI=1S/C12H21N3OS2/c1-3-16-7-4-5-14-12(17)15-9-10(2)11-13-6-8-18-11/h6,8,10H,3-5,7,9H2,1-2H3,(H2,14,15,17). The minimum absolute atomic E-state index is 0.383. The lowest BCUT2D eigenvalue weighted by Crippen LogP contribution is -2.37. The monoisotopic (exact) mass is 287 g/mol. The van der Waals surface area contributed by atoms with Crippen LogP contribution in [-0.4, -0.2) is 36.4 Å². The Morgan fingerprint density at radius 2 is 2.39 bits per heavy atom. The van der Waals surface area contributed by atoms with Gasteiger partial charge in [0.25, 0.3) is 0 Å². The van der Waals surface area contributed by atoms with E-state index in [1.165, 1.54) is 0 Å². The van der Waals surface area contributed by atoms with Gasteiger partial charge in [-0.2, -0.15) is 0 Å². The molecule has 0 spiro atoms. The Morgan fingerprint density at radius 1 is 1.56 bits per heavy atom. The fraction of sp³-hybridized carbons (Fsp3) is 0.667. The predicted octanol–water partition coefficient (Wildman–Crippen LogP) is 2.14. The molecule has 0 aliphatic rings. The van der Waals surface area contributed by atoms with E-state index < -0.39 is 0 Å². The molecule has 18 heavy (non-hydrogen) atoms. The van der Waals surface area contributed by atoms with E-state index in [2.05, 4.69) is 22.5 Å². The molecular formula is C12H21N3OS2. The van der Waals surface area contributed by atoms with E-state index in [4.69, 9.17) is 17.0 Å². The van der Waals surface area contributed by atoms with Crippen LogP contribution in [0.2, 0.25) is 0 Å². The largest absolute Gasteiger partial charge is 0.382 e. The van der Waals surface area contributed by atoms with Crippen molar-refractivity contribution in [3.8, 4) is 0 Å². The van der Waals surface area contributed by atoms with Crippen LogP contribution in [0.3, 0.4) is 0 Å². The van der Waals surface area contributed by atoms with E-state index in [-0.39, 0.29) is 0 Å². The number of thiocarbonyl (C=S) groups is 1. The Hall–Kier alpha value is -0.720. The summed E-state index contributed by atoms with van der Waals surface area (Å²) in [4.78, 5) is 4.29. The molecule has 1 rings (SSSR count). The summed E-state index contributed by atoms with van der Waals surface area (Å²) in [5.41, 5.74) is 0. The van der Waals surface area contributed by atoms with Crippen LogP contribution in [0, 0.1) is 0 Å². The molecule has 4 nitrogen and oxygen atoms in total. The van der Waals surface area contributed by atoms with E-state index in [1.54, 1.807) is 11.3 Å². The van der Waals surface area contributed by atoms with E-state index in [9.17, 15) is 0 Å². The van der Waals surface area contributed by atoms with Crippen molar-refractivity contribution in [1.82, 2.24) is 15.6 Å². The SMILES string of the molecule is CCOCCCNC(=S)NCC(C)c1nccs1. The number of thiazole rings is 1. The van der Waals surface area contributed by atoms with Crippen LogP contribution >= 0.6 is 23.6 Å². The van der Waals surface area contributed by atoms with Crippen LogP contribution in [0.15, 0.2) is 11.6 Å². The first-order chi connectivity index (χ1) is 8.74. The summed E-state index contributed by atoms with van der Waals surface area (Å²) in [7, 11) is 0. The summed E-state index contributed by atoms with van der Waals surface area (Å²) in [6, 6.07) is 0. The topological polar surface area (TPSA) is 46.2 Å². The first kappa shape index (κ1) is 15.3. The molecular weight excluding hydrogens is 266 g/mol. The molecule has 0 aliphatic carbocycles. The second-order valence-corrected chi connectivity index (χ2v) is 5.29. The molecule has 1 atom stereocenters. The molecule has 0 aliphatic heterocycles. The first-order valence-electron chi connectivity index (χ1n) is 6.22. The Bertz CT molecular complexity index is 330. The lowest BCUT2D eigenvalue weighted by molar-refractivity contribution is 0.145. The van der Waals surface area contributed by atoms with E-state index in [0.717, 1.165) is 37.7 Å². The summed E-state index contributed by atoms with van der Waals surface area (Å²) < 4.78 is 5.25. The molecule has 1 heterocycles. The number of rotatable bonds is 8. The van der Waals surface area contributed by atoms with Crippen molar-refractivity contribution in [2.24, 2.45) is 0 Å². The van der Waals surface area contributed by atoms with Gasteiger partial charge in [-0.25, -0.2) is 4.98 Å². The zero-order valence-corrected chi connectivity index (χ0v) is 12.6. The highest BCUT2D eigenvalue weighted by Crippen LogP contribution is 2.16. The van der Waals surface area contributed by atoms with Gasteiger partial charge < -0.3 is 15.4 Å². The van der Waals surface area contributed by atoms with Gasteiger partial charge >= 0.3 is 0 Å². The molecule has 0 amide bonds. The fourth-order valence-electron chi connectivity index (χ4n) is 1.39. The van der Waals surface area contributed by atoms with Crippen molar-refractivity contribution in [1.29, 1.82) is 0 Å². The molecule has 1 aromatic rings. The van der Waals surface area contributed by atoms with Crippen LogP contribution in [0.25, 0.3) is 0 Å². The van der Waals surface area contributed by atoms with Gasteiger partial charge in [0.05, 0.1) is 5.01 Å².